The maximum absolute atomic E-state index is 6.05. The fraction of sp³-hybridized carbons (Fsp3) is 0.500. The summed E-state index contributed by atoms with van der Waals surface area (Å²) in [4.78, 5) is 0. The summed E-state index contributed by atoms with van der Waals surface area (Å²) in [5.41, 5.74) is 2.37. The molecule has 0 saturated heterocycles. The lowest BCUT2D eigenvalue weighted by atomic mass is 9.88. The summed E-state index contributed by atoms with van der Waals surface area (Å²) in [6.07, 6.45) is 6.36. The van der Waals surface area contributed by atoms with Crippen LogP contribution in [-0.2, 0) is 5.88 Å². The van der Waals surface area contributed by atoms with E-state index in [2.05, 4.69) is 46.0 Å². The van der Waals surface area contributed by atoms with Crippen LogP contribution >= 0.6 is 11.6 Å². The van der Waals surface area contributed by atoms with Gasteiger partial charge in [-0.25, -0.2) is 0 Å². The first kappa shape index (κ1) is 13.6. The summed E-state index contributed by atoms with van der Waals surface area (Å²) in [6, 6.07) is 8.46. The molecule has 0 N–H and O–H groups in total. The number of halogens is 1. The fourth-order valence-electron chi connectivity index (χ4n) is 3.09. The molecule has 0 bridgehead atoms. The van der Waals surface area contributed by atoms with E-state index in [-0.39, 0.29) is 0 Å². The molecule has 106 valence electrons. The van der Waals surface area contributed by atoms with E-state index in [1.54, 1.807) is 0 Å². The van der Waals surface area contributed by atoms with Gasteiger partial charge >= 0.3 is 0 Å². The number of alkyl halides is 1. The molecule has 4 heteroatoms. The van der Waals surface area contributed by atoms with Crippen molar-refractivity contribution in [1.29, 1.82) is 0 Å². The zero-order valence-electron chi connectivity index (χ0n) is 11.8. The summed E-state index contributed by atoms with van der Waals surface area (Å²) in [7, 11) is 0. The Morgan fingerprint density at radius 3 is 2.70 bits per heavy atom. The van der Waals surface area contributed by atoms with E-state index in [9.17, 15) is 0 Å². The molecular weight excluding hydrogens is 270 g/mol. The summed E-state index contributed by atoms with van der Waals surface area (Å²) in [6.45, 7) is 2.11. The molecule has 2 aromatic rings. The molecule has 0 radical (unpaired) electrons. The van der Waals surface area contributed by atoms with Crippen LogP contribution in [0.4, 0.5) is 0 Å². The molecule has 1 aromatic carbocycles. The predicted molar refractivity (Wildman–Crippen MR) is 81.5 cm³/mol. The van der Waals surface area contributed by atoms with Crippen molar-refractivity contribution in [1.82, 2.24) is 14.8 Å². The normalized spacial score (nSPS) is 16.5. The number of benzene rings is 1. The van der Waals surface area contributed by atoms with Crippen LogP contribution in [0, 0.1) is 6.92 Å². The third kappa shape index (κ3) is 2.59. The third-order valence-electron chi connectivity index (χ3n) is 4.10. The topological polar surface area (TPSA) is 30.7 Å². The quantitative estimate of drug-likeness (QED) is 0.786. The largest absolute Gasteiger partial charge is 0.282 e. The van der Waals surface area contributed by atoms with Crippen LogP contribution in [0.15, 0.2) is 24.3 Å². The van der Waals surface area contributed by atoms with Gasteiger partial charge in [0.05, 0.1) is 5.88 Å². The number of hydrogen-bond acceptors (Lipinski definition) is 2. The van der Waals surface area contributed by atoms with Crippen molar-refractivity contribution in [2.24, 2.45) is 0 Å². The summed E-state index contributed by atoms with van der Waals surface area (Å²) in [5, 5.41) is 8.74. The summed E-state index contributed by atoms with van der Waals surface area (Å²) < 4.78 is 2.16. The second-order valence-corrected chi connectivity index (χ2v) is 5.88. The van der Waals surface area contributed by atoms with Crippen LogP contribution in [0.25, 0.3) is 5.69 Å². The van der Waals surface area contributed by atoms with E-state index in [0.717, 1.165) is 17.3 Å². The predicted octanol–water partition coefficient (Wildman–Crippen LogP) is 4.36. The SMILES string of the molecule is Cc1cccc(-n2c(CCl)nnc2C2CCCCC2)c1. The Morgan fingerprint density at radius 1 is 1.20 bits per heavy atom. The highest BCUT2D eigenvalue weighted by molar-refractivity contribution is 6.16. The highest BCUT2D eigenvalue weighted by Crippen LogP contribution is 2.33. The smallest absolute Gasteiger partial charge is 0.152 e. The molecule has 0 unspecified atom stereocenters. The molecule has 1 fully saturated rings. The highest BCUT2D eigenvalue weighted by Gasteiger charge is 2.23. The molecule has 0 aliphatic heterocycles. The molecule has 0 amide bonds. The third-order valence-corrected chi connectivity index (χ3v) is 4.34. The van der Waals surface area contributed by atoms with Crippen LogP contribution < -0.4 is 0 Å². The zero-order chi connectivity index (χ0) is 13.9. The van der Waals surface area contributed by atoms with E-state index in [1.807, 2.05) is 0 Å². The maximum Gasteiger partial charge on any atom is 0.152 e. The molecule has 0 spiro atoms. The molecule has 1 aromatic heterocycles. The van der Waals surface area contributed by atoms with Crippen LogP contribution in [0.2, 0.25) is 0 Å². The van der Waals surface area contributed by atoms with Crippen LogP contribution in [-0.4, -0.2) is 14.8 Å². The Morgan fingerprint density at radius 2 is 2.00 bits per heavy atom. The van der Waals surface area contributed by atoms with Gasteiger partial charge in [0.1, 0.15) is 5.82 Å². The van der Waals surface area contributed by atoms with Gasteiger partial charge in [0, 0.05) is 11.6 Å². The van der Waals surface area contributed by atoms with E-state index in [4.69, 9.17) is 11.6 Å². The van der Waals surface area contributed by atoms with E-state index >= 15 is 0 Å². The van der Waals surface area contributed by atoms with Gasteiger partial charge in [0.15, 0.2) is 5.82 Å². The molecule has 1 saturated carbocycles. The molecule has 3 nitrogen and oxygen atoms in total. The molecule has 1 aliphatic carbocycles. The van der Waals surface area contributed by atoms with Gasteiger partial charge in [-0.15, -0.1) is 21.8 Å². The molecule has 20 heavy (non-hydrogen) atoms. The zero-order valence-corrected chi connectivity index (χ0v) is 12.6. The minimum absolute atomic E-state index is 0.396. The number of hydrogen-bond donors (Lipinski definition) is 0. The Kier molecular flexibility index (Phi) is 4.06. The van der Waals surface area contributed by atoms with Crippen molar-refractivity contribution >= 4 is 11.6 Å². The minimum atomic E-state index is 0.396. The van der Waals surface area contributed by atoms with Crippen molar-refractivity contribution in [3.05, 3.63) is 41.5 Å². The molecule has 3 rings (SSSR count). The van der Waals surface area contributed by atoms with Crippen molar-refractivity contribution in [3.8, 4) is 5.69 Å². The van der Waals surface area contributed by atoms with Gasteiger partial charge in [0.2, 0.25) is 0 Å². The monoisotopic (exact) mass is 289 g/mol. The highest BCUT2D eigenvalue weighted by atomic mass is 35.5. The lowest BCUT2D eigenvalue weighted by molar-refractivity contribution is 0.424. The number of aromatic nitrogens is 3. The lowest BCUT2D eigenvalue weighted by Gasteiger charge is -2.22. The number of nitrogens with zero attached hydrogens (tertiary/aromatic N) is 3. The average Bonchev–Trinajstić information content (AvgIpc) is 2.92. The summed E-state index contributed by atoms with van der Waals surface area (Å²) in [5.74, 6) is 2.85. The van der Waals surface area contributed by atoms with E-state index < -0.39 is 0 Å². The van der Waals surface area contributed by atoms with Gasteiger partial charge in [0.25, 0.3) is 0 Å². The van der Waals surface area contributed by atoms with Gasteiger partial charge in [-0.05, 0) is 37.5 Å². The Bertz CT molecular complexity index is 585. The van der Waals surface area contributed by atoms with Crippen molar-refractivity contribution in [2.45, 2.75) is 50.8 Å². The number of aryl methyl sites for hydroxylation is 1. The first-order valence-electron chi connectivity index (χ1n) is 7.37. The van der Waals surface area contributed by atoms with E-state index in [0.29, 0.717) is 11.8 Å². The number of rotatable bonds is 3. The Balaban J connectivity index is 2.05. The first-order chi connectivity index (χ1) is 9.79. The first-order valence-corrected chi connectivity index (χ1v) is 7.90. The van der Waals surface area contributed by atoms with Crippen LogP contribution in [0.5, 0.6) is 0 Å². The van der Waals surface area contributed by atoms with Crippen LogP contribution in [0.3, 0.4) is 0 Å². The Hall–Kier alpha value is -1.35. The van der Waals surface area contributed by atoms with Gasteiger partial charge in [-0.3, -0.25) is 4.57 Å². The average molecular weight is 290 g/mol. The van der Waals surface area contributed by atoms with Crippen molar-refractivity contribution < 1.29 is 0 Å². The van der Waals surface area contributed by atoms with Gasteiger partial charge in [-0.1, -0.05) is 31.4 Å². The maximum atomic E-state index is 6.05. The standard InChI is InChI=1S/C16H20ClN3/c1-12-6-5-9-14(10-12)20-15(11-17)18-19-16(20)13-7-3-2-4-8-13/h5-6,9-10,13H,2-4,7-8,11H2,1H3. The van der Waals surface area contributed by atoms with Gasteiger partial charge in [-0.2, -0.15) is 0 Å². The molecular formula is C16H20ClN3. The van der Waals surface area contributed by atoms with Gasteiger partial charge < -0.3 is 0 Å². The molecule has 0 atom stereocenters. The second kappa shape index (κ2) is 5.96. The molecule has 1 heterocycles. The second-order valence-electron chi connectivity index (χ2n) is 5.62. The van der Waals surface area contributed by atoms with Crippen LogP contribution in [0.1, 0.15) is 55.2 Å². The van der Waals surface area contributed by atoms with Crippen molar-refractivity contribution in [3.63, 3.8) is 0 Å². The molecule has 1 aliphatic rings. The minimum Gasteiger partial charge on any atom is -0.282 e. The van der Waals surface area contributed by atoms with E-state index in [1.165, 1.54) is 37.7 Å². The lowest BCUT2D eigenvalue weighted by Crippen LogP contribution is -2.12. The summed E-state index contributed by atoms with van der Waals surface area (Å²) >= 11 is 6.05. The Labute approximate surface area is 125 Å². The van der Waals surface area contributed by atoms with Crippen molar-refractivity contribution in [2.75, 3.05) is 0 Å². The fourth-order valence-corrected chi connectivity index (χ4v) is 3.26.